The first-order valence-corrected chi connectivity index (χ1v) is 7.85. The van der Waals surface area contributed by atoms with Gasteiger partial charge in [0.25, 0.3) is 5.91 Å². The van der Waals surface area contributed by atoms with Gasteiger partial charge >= 0.3 is 5.97 Å². The van der Waals surface area contributed by atoms with Crippen molar-refractivity contribution >= 4 is 21.7 Å². The Bertz CT molecular complexity index is 595. The molecule has 0 aromatic heterocycles. The second kappa shape index (κ2) is 7.04. The Kier molecular flexibility index (Phi) is 5.69. The van der Waals surface area contributed by atoms with E-state index in [1.54, 1.807) is 0 Å². The lowest BCUT2D eigenvalue weighted by molar-refractivity contribution is -0.137. The Balaban J connectivity index is 2.70. The van der Waals surface area contributed by atoms with Crippen molar-refractivity contribution in [2.45, 2.75) is 24.7 Å². The summed E-state index contributed by atoms with van der Waals surface area (Å²) < 4.78 is 23.4. The number of hydrogen-bond donors (Lipinski definition) is 2. The topological polar surface area (TPSA) is 101 Å². The smallest absolute Gasteiger partial charge is 0.303 e. The number of carbonyl (C=O) groups excluding carboxylic acids is 1. The minimum Gasteiger partial charge on any atom is -0.481 e. The molecule has 1 rings (SSSR count). The van der Waals surface area contributed by atoms with Gasteiger partial charge < -0.3 is 10.4 Å². The summed E-state index contributed by atoms with van der Waals surface area (Å²) in [5.41, 5.74) is 0.245. The van der Waals surface area contributed by atoms with Gasteiger partial charge in [0.05, 0.1) is 10.6 Å². The van der Waals surface area contributed by atoms with Crippen LogP contribution in [0, 0.1) is 0 Å². The van der Waals surface area contributed by atoms with E-state index in [2.05, 4.69) is 5.32 Å². The van der Waals surface area contributed by atoms with Crippen molar-refractivity contribution in [3.05, 3.63) is 29.8 Å². The van der Waals surface area contributed by atoms with Crippen LogP contribution in [0.5, 0.6) is 0 Å². The Labute approximate surface area is 117 Å². The third-order valence-electron chi connectivity index (χ3n) is 2.69. The third kappa shape index (κ3) is 4.65. The molecule has 2 N–H and O–H groups in total. The summed E-state index contributed by atoms with van der Waals surface area (Å²) in [4.78, 5) is 22.2. The van der Waals surface area contributed by atoms with Gasteiger partial charge in [-0.15, -0.1) is 0 Å². The summed E-state index contributed by atoms with van der Waals surface area (Å²) in [6.45, 7) is 1.77. The molecule has 0 fully saturated rings. The fraction of sp³-hybridized carbons (Fsp3) is 0.385. The van der Waals surface area contributed by atoms with Crippen molar-refractivity contribution in [3.8, 4) is 0 Å². The first-order valence-electron chi connectivity index (χ1n) is 6.19. The number of nitrogens with one attached hydrogen (secondary N) is 1. The highest BCUT2D eigenvalue weighted by molar-refractivity contribution is 7.91. The molecule has 0 unspecified atom stereocenters. The fourth-order valence-corrected chi connectivity index (χ4v) is 2.47. The largest absolute Gasteiger partial charge is 0.481 e. The maximum absolute atomic E-state index is 11.8. The van der Waals surface area contributed by atoms with Crippen LogP contribution in [0.25, 0.3) is 0 Å². The molecule has 0 saturated heterocycles. The lowest BCUT2D eigenvalue weighted by atomic mass is 10.2. The molecular weight excluding hydrogens is 282 g/mol. The van der Waals surface area contributed by atoms with Crippen LogP contribution in [0.3, 0.4) is 0 Å². The van der Waals surface area contributed by atoms with Gasteiger partial charge in [0.2, 0.25) is 0 Å². The van der Waals surface area contributed by atoms with Gasteiger partial charge in [-0.2, -0.15) is 0 Å². The molecule has 0 spiro atoms. The van der Waals surface area contributed by atoms with Crippen LogP contribution >= 0.6 is 0 Å². The molecule has 7 heteroatoms. The van der Waals surface area contributed by atoms with E-state index in [9.17, 15) is 18.0 Å². The van der Waals surface area contributed by atoms with E-state index in [0.717, 1.165) is 0 Å². The second-order valence-corrected chi connectivity index (χ2v) is 6.46. The lowest BCUT2D eigenvalue weighted by Crippen LogP contribution is -2.25. The summed E-state index contributed by atoms with van der Waals surface area (Å²) in [6.07, 6.45) is 0.304. The summed E-state index contributed by atoms with van der Waals surface area (Å²) >= 11 is 0. The number of carbonyl (C=O) groups is 2. The summed E-state index contributed by atoms with van der Waals surface area (Å²) in [5.74, 6) is -1.37. The van der Waals surface area contributed by atoms with Gasteiger partial charge in [-0.3, -0.25) is 9.59 Å². The van der Waals surface area contributed by atoms with Crippen LogP contribution in [-0.4, -0.2) is 37.7 Å². The summed E-state index contributed by atoms with van der Waals surface area (Å²) in [6, 6.07) is 5.79. The zero-order chi connectivity index (χ0) is 15.2. The normalized spacial score (nSPS) is 11.1. The number of hydrogen-bond acceptors (Lipinski definition) is 4. The number of sulfone groups is 1. The van der Waals surface area contributed by atoms with Gasteiger partial charge in [-0.1, -0.05) is 13.0 Å². The Hall–Kier alpha value is -1.89. The van der Waals surface area contributed by atoms with Crippen LogP contribution in [0.1, 0.15) is 30.1 Å². The highest BCUT2D eigenvalue weighted by atomic mass is 32.2. The maximum atomic E-state index is 11.8. The van der Waals surface area contributed by atoms with Crippen molar-refractivity contribution in [1.29, 1.82) is 0 Å². The molecule has 0 atom stereocenters. The molecule has 0 saturated carbocycles. The number of rotatable bonds is 7. The van der Waals surface area contributed by atoms with E-state index in [1.807, 2.05) is 0 Å². The minimum absolute atomic E-state index is 0.0233. The van der Waals surface area contributed by atoms with Crippen LogP contribution < -0.4 is 5.32 Å². The van der Waals surface area contributed by atoms with Gasteiger partial charge in [0.15, 0.2) is 9.84 Å². The van der Waals surface area contributed by atoms with E-state index in [-0.39, 0.29) is 29.2 Å². The molecule has 1 aromatic carbocycles. The molecule has 0 aliphatic heterocycles. The first-order chi connectivity index (χ1) is 9.36. The Morgan fingerprint density at radius 3 is 2.60 bits per heavy atom. The van der Waals surface area contributed by atoms with Crippen LogP contribution in [-0.2, 0) is 14.6 Å². The number of carboxylic acids is 1. The monoisotopic (exact) mass is 299 g/mol. The molecule has 0 radical (unpaired) electrons. The van der Waals surface area contributed by atoms with Gasteiger partial charge in [-0.05, 0) is 24.6 Å². The predicted octanol–water partition coefficient (Wildman–Crippen LogP) is 1.07. The Morgan fingerprint density at radius 2 is 2.00 bits per heavy atom. The molecule has 110 valence electrons. The van der Waals surface area contributed by atoms with E-state index in [1.165, 1.54) is 31.2 Å². The zero-order valence-corrected chi connectivity index (χ0v) is 11.9. The predicted molar refractivity (Wildman–Crippen MR) is 73.4 cm³/mol. The molecule has 0 aliphatic rings. The SMILES string of the molecule is CCS(=O)(=O)c1cccc(C(=O)NCCCC(=O)O)c1. The average Bonchev–Trinajstić information content (AvgIpc) is 2.43. The average molecular weight is 299 g/mol. The Morgan fingerprint density at radius 1 is 1.30 bits per heavy atom. The van der Waals surface area contributed by atoms with Crippen LogP contribution in [0.4, 0.5) is 0 Å². The number of amides is 1. The van der Waals surface area contributed by atoms with Crippen molar-refractivity contribution in [2.75, 3.05) is 12.3 Å². The third-order valence-corrected chi connectivity index (χ3v) is 4.42. The van der Waals surface area contributed by atoms with E-state index >= 15 is 0 Å². The van der Waals surface area contributed by atoms with Gasteiger partial charge in [0, 0.05) is 18.5 Å². The molecule has 0 aliphatic carbocycles. The summed E-state index contributed by atoms with van der Waals surface area (Å²) in [7, 11) is -3.35. The molecule has 20 heavy (non-hydrogen) atoms. The highest BCUT2D eigenvalue weighted by Crippen LogP contribution is 2.13. The molecule has 0 bridgehead atoms. The molecular formula is C13H17NO5S. The molecule has 1 aromatic rings. The number of benzene rings is 1. The molecule has 1 amide bonds. The van der Waals surface area contributed by atoms with Crippen molar-refractivity contribution < 1.29 is 23.1 Å². The second-order valence-electron chi connectivity index (χ2n) is 4.18. The van der Waals surface area contributed by atoms with Crippen molar-refractivity contribution in [3.63, 3.8) is 0 Å². The fourth-order valence-electron chi connectivity index (χ4n) is 1.54. The standard InChI is InChI=1S/C13H17NO5S/c1-2-20(18,19)11-6-3-5-10(9-11)13(17)14-8-4-7-12(15)16/h3,5-6,9H,2,4,7-8H2,1H3,(H,14,17)(H,15,16). The van der Waals surface area contributed by atoms with E-state index < -0.39 is 21.7 Å². The minimum atomic E-state index is -3.35. The van der Waals surface area contributed by atoms with Crippen molar-refractivity contribution in [1.82, 2.24) is 5.32 Å². The van der Waals surface area contributed by atoms with Crippen LogP contribution in [0.2, 0.25) is 0 Å². The maximum Gasteiger partial charge on any atom is 0.303 e. The highest BCUT2D eigenvalue weighted by Gasteiger charge is 2.14. The van der Waals surface area contributed by atoms with Gasteiger partial charge in [0.1, 0.15) is 0 Å². The zero-order valence-electron chi connectivity index (χ0n) is 11.1. The molecule has 6 nitrogen and oxygen atoms in total. The van der Waals surface area contributed by atoms with E-state index in [4.69, 9.17) is 5.11 Å². The quantitative estimate of drug-likeness (QED) is 0.734. The van der Waals surface area contributed by atoms with Crippen LogP contribution in [0.15, 0.2) is 29.2 Å². The molecule has 0 heterocycles. The number of aliphatic carboxylic acids is 1. The summed E-state index contributed by atoms with van der Waals surface area (Å²) in [5, 5.41) is 11.0. The lowest BCUT2D eigenvalue weighted by Gasteiger charge is -2.06. The van der Waals surface area contributed by atoms with Gasteiger partial charge in [-0.25, -0.2) is 8.42 Å². The van der Waals surface area contributed by atoms with Crippen molar-refractivity contribution in [2.24, 2.45) is 0 Å². The van der Waals surface area contributed by atoms with E-state index in [0.29, 0.717) is 6.42 Å². The first kappa shape index (κ1) is 16.2. The number of carboxylic acid groups (broad SMARTS) is 1.